The van der Waals surface area contributed by atoms with Crippen LogP contribution in [0.5, 0.6) is 0 Å². The van der Waals surface area contributed by atoms with Crippen LogP contribution in [-0.4, -0.2) is 24.9 Å². The van der Waals surface area contributed by atoms with E-state index < -0.39 is 0 Å². The van der Waals surface area contributed by atoms with E-state index in [1.165, 1.54) is 16.0 Å². The van der Waals surface area contributed by atoms with Crippen molar-refractivity contribution in [3.05, 3.63) is 45.0 Å². The molecule has 0 spiro atoms. The number of benzene rings is 1. The summed E-state index contributed by atoms with van der Waals surface area (Å²) in [4.78, 5) is 12.7. The van der Waals surface area contributed by atoms with Crippen LogP contribution in [0.2, 0.25) is 0 Å². The molecule has 0 aliphatic heterocycles. The highest BCUT2D eigenvalue weighted by Gasteiger charge is 2.12. The molecule has 0 aliphatic carbocycles. The predicted octanol–water partition coefficient (Wildman–Crippen LogP) is 3.27. The quantitative estimate of drug-likeness (QED) is 0.531. The molecule has 0 saturated carbocycles. The minimum atomic E-state index is 0.102. The van der Waals surface area contributed by atoms with Crippen molar-refractivity contribution in [1.29, 1.82) is 0 Å². The van der Waals surface area contributed by atoms with Gasteiger partial charge in [0.15, 0.2) is 5.16 Å². The molecule has 1 aromatic carbocycles. The molecule has 4 aromatic rings. The number of nitrogens with zero attached hydrogens (tertiary/aromatic N) is 4. The summed E-state index contributed by atoms with van der Waals surface area (Å²) in [6.45, 7) is 2.65. The van der Waals surface area contributed by atoms with E-state index in [0.717, 1.165) is 27.1 Å². The monoisotopic (exact) mass is 348 g/mol. The third-order valence-corrected chi connectivity index (χ3v) is 6.24. The average molecular weight is 348 g/mol. The normalized spacial score (nSPS) is 11.7. The van der Waals surface area contributed by atoms with Crippen molar-refractivity contribution in [3.63, 3.8) is 0 Å². The van der Waals surface area contributed by atoms with Crippen molar-refractivity contribution in [2.24, 2.45) is 0 Å². The number of aryl methyl sites for hydroxylation is 1. The number of thiazole rings is 2. The van der Waals surface area contributed by atoms with E-state index in [9.17, 15) is 4.79 Å². The highest BCUT2D eigenvalue weighted by Crippen LogP contribution is 2.29. The average Bonchev–Trinajstić information content (AvgIpc) is 3.16. The summed E-state index contributed by atoms with van der Waals surface area (Å²) in [6, 6.07) is 8.23. The summed E-state index contributed by atoms with van der Waals surface area (Å²) in [5.74, 6) is 0.794. The number of thioether (sulfide) groups is 1. The lowest BCUT2D eigenvalue weighted by molar-refractivity contribution is 0.729. The van der Waals surface area contributed by atoms with Gasteiger partial charge in [-0.3, -0.25) is 9.20 Å². The second-order valence-corrected chi connectivity index (χ2v) is 7.71. The molecule has 0 bridgehead atoms. The number of fused-ring (bicyclic) bond motifs is 3. The zero-order valence-electron chi connectivity index (χ0n) is 11.7. The summed E-state index contributed by atoms with van der Waals surface area (Å²) in [6.07, 6.45) is 0. The minimum Gasteiger partial charge on any atom is -0.303 e. The maximum atomic E-state index is 11.7. The fourth-order valence-corrected chi connectivity index (χ4v) is 5.00. The second-order valence-electron chi connectivity index (χ2n) is 4.81. The van der Waals surface area contributed by atoms with Crippen molar-refractivity contribution in [1.82, 2.24) is 19.2 Å². The first kappa shape index (κ1) is 14.0. The van der Waals surface area contributed by atoms with Gasteiger partial charge in [0, 0.05) is 23.4 Å². The molecular weight excluding hydrogens is 336 g/mol. The molecule has 0 N–H and O–H groups in total. The maximum Gasteiger partial charge on any atom is 0.307 e. The number of rotatable bonds is 4. The van der Waals surface area contributed by atoms with Gasteiger partial charge >= 0.3 is 4.87 Å². The summed E-state index contributed by atoms with van der Waals surface area (Å²) in [7, 11) is 0. The van der Waals surface area contributed by atoms with Gasteiger partial charge < -0.3 is 4.57 Å². The molecule has 8 heteroatoms. The standard InChI is InChI=1S/C14H12N4OS3/c1-9-8-21-14(19)17(9)6-7-20-12-15-16-13-18(12)10-4-2-3-5-11(10)22-13/h2-5,8H,6-7H2,1H3. The number of aromatic nitrogens is 4. The van der Waals surface area contributed by atoms with Crippen LogP contribution in [0, 0.1) is 6.92 Å². The lowest BCUT2D eigenvalue weighted by Gasteiger charge is -2.03. The van der Waals surface area contributed by atoms with Gasteiger partial charge in [-0.2, -0.15) is 0 Å². The largest absolute Gasteiger partial charge is 0.307 e. The smallest absolute Gasteiger partial charge is 0.303 e. The highest BCUT2D eigenvalue weighted by molar-refractivity contribution is 7.99. The van der Waals surface area contributed by atoms with Crippen LogP contribution in [0.15, 0.2) is 39.6 Å². The van der Waals surface area contributed by atoms with Gasteiger partial charge in [-0.05, 0) is 19.1 Å². The zero-order chi connectivity index (χ0) is 15.1. The van der Waals surface area contributed by atoms with Crippen molar-refractivity contribution >= 4 is 49.6 Å². The van der Waals surface area contributed by atoms with E-state index in [1.54, 1.807) is 23.1 Å². The topological polar surface area (TPSA) is 52.2 Å². The van der Waals surface area contributed by atoms with Gasteiger partial charge in [0.25, 0.3) is 0 Å². The molecule has 0 aliphatic rings. The van der Waals surface area contributed by atoms with E-state index >= 15 is 0 Å². The van der Waals surface area contributed by atoms with Crippen LogP contribution in [-0.2, 0) is 6.54 Å². The van der Waals surface area contributed by atoms with Crippen molar-refractivity contribution in [2.45, 2.75) is 18.6 Å². The Labute approximate surface area is 138 Å². The third-order valence-electron chi connectivity index (χ3n) is 3.43. The Morgan fingerprint density at radius 3 is 2.95 bits per heavy atom. The van der Waals surface area contributed by atoms with E-state index in [2.05, 4.69) is 26.7 Å². The van der Waals surface area contributed by atoms with Gasteiger partial charge in [0.2, 0.25) is 4.96 Å². The first-order chi connectivity index (χ1) is 10.7. The maximum absolute atomic E-state index is 11.7. The van der Waals surface area contributed by atoms with Crippen molar-refractivity contribution < 1.29 is 0 Å². The van der Waals surface area contributed by atoms with Gasteiger partial charge in [-0.1, -0.05) is 46.6 Å². The molecule has 0 atom stereocenters. The summed E-state index contributed by atoms with van der Waals surface area (Å²) in [5.41, 5.74) is 2.15. The van der Waals surface area contributed by atoms with Gasteiger partial charge in [0.1, 0.15) is 0 Å². The lowest BCUT2D eigenvalue weighted by atomic mass is 10.3. The molecule has 3 heterocycles. The molecule has 0 amide bonds. The number of hydrogen-bond acceptors (Lipinski definition) is 6. The van der Waals surface area contributed by atoms with Gasteiger partial charge in [0.05, 0.1) is 10.2 Å². The SMILES string of the molecule is Cc1csc(=O)n1CCSc1nnc2sc3ccccc3n12. The summed E-state index contributed by atoms with van der Waals surface area (Å²) < 4.78 is 5.11. The van der Waals surface area contributed by atoms with E-state index in [0.29, 0.717) is 6.54 Å². The minimum absolute atomic E-state index is 0.102. The molecule has 22 heavy (non-hydrogen) atoms. The zero-order valence-corrected chi connectivity index (χ0v) is 14.2. The molecule has 0 unspecified atom stereocenters. The molecule has 112 valence electrons. The van der Waals surface area contributed by atoms with Gasteiger partial charge in [-0.25, -0.2) is 0 Å². The van der Waals surface area contributed by atoms with Gasteiger partial charge in [-0.15, -0.1) is 10.2 Å². The van der Waals surface area contributed by atoms with Crippen LogP contribution in [0.25, 0.3) is 15.2 Å². The molecular formula is C14H12N4OS3. The highest BCUT2D eigenvalue weighted by atomic mass is 32.2. The Balaban J connectivity index is 1.61. The molecule has 5 nitrogen and oxygen atoms in total. The Morgan fingerprint density at radius 1 is 1.27 bits per heavy atom. The van der Waals surface area contributed by atoms with Crippen LogP contribution in [0.1, 0.15) is 5.69 Å². The Bertz CT molecular complexity index is 1010. The Morgan fingerprint density at radius 2 is 2.14 bits per heavy atom. The van der Waals surface area contributed by atoms with Crippen LogP contribution in [0.4, 0.5) is 0 Å². The summed E-state index contributed by atoms with van der Waals surface area (Å²) in [5, 5.41) is 11.3. The Hall–Kier alpha value is -1.64. The summed E-state index contributed by atoms with van der Waals surface area (Å²) >= 11 is 4.53. The number of para-hydroxylation sites is 1. The van der Waals surface area contributed by atoms with Crippen molar-refractivity contribution in [3.8, 4) is 0 Å². The molecule has 0 saturated heterocycles. The fraction of sp³-hybridized carbons (Fsp3) is 0.214. The fourth-order valence-electron chi connectivity index (χ4n) is 2.35. The molecule has 3 aromatic heterocycles. The van der Waals surface area contributed by atoms with Crippen LogP contribution in [0.3, 0.4) is 0 Å². The first-order valence-corrected chi connectivity index (χ1v) is 9.42. The second kappa shape index (κ2) is 5.53. The van der Waals surface area contributed by atoms with Crippen LogP contribution < -0.4 is 4.87 Å². The van der Waals surface area contributed by atoms with Crippen molar-refractivity contribution in [2.75, 3.05) is 5.75 Å². The molecule has 0 fully saturated rings. The Kier molecular flexibility index (Phi) is 3.51. The van der Waals surface area contributed by atoms with Crippen LogP contribution >= 0.6 is 34.4 Å². The van der Waals surface area contributed by atoms with E-state index in [1.807, 2.05) is 29.0 Å². The molecule has 0 radical (unpaired) electrons. The van der Waals surface area contributed by atoms with E-state index in [4.69, 9.17) is 0 Å². The third kappa shape index (κ3) is 2.27. The lowest BCUT2D eigenvalue weighted by Crippen LogP contribution is -2.15. The molecule has 4 rings (SSSR count). The van der Waals surface area contributed by atoms with E-state index in [-0.39, 0.29) is 4.87 Å². The number of hydrogen-bond donors (Lipinski definition) is 0. The first-order valence-electron chi connectivity index (χ1n) is 6.74. The predicted molar refractivity (Wildman–Crippen MR) is 92.4 cm³/mol.